The van der Waals surface area contributed by atoms with Crippen molar-refractivity contribution in [1.29, 1.82) is 0 Å². The summed E-state index contributed by atoms with van der Waals surface area (Å²) in [6.07, 6.45) is 0.288. The molecule has 1 aliphatic rings. The fourth-order valence-corrected chi connectivity index (χ4v) is 3.08. The first-order chi connectivity index (χ1) is 13.9. The van der Waals surface area contributed by atoms with Gasteiger partial charge in [-0.05, 0) is 36.8 Å². The topological polar surface area (TPSA) is 116 Å². The van der Waals surface area contributed by atoms with Gasteiger partial charge in [0.2, 0.25) is 0 Å². The molecule has 9 nitrogen and oxygen atoms in total. The summed E-state index contributed by atoms with van der Waals surface area (Å²) in [5.41, 5.74) is 0.616. The number of ether oxygens (including phenoxy) is 2. The molecule has 0 aromatic heterocycles. The third kappa shape index (κ3) is 4.77. The van der Waals surface area contributed by atoms with Gasteiger partial charge in [-0.3, -0.25) is 24.6 Å². The van der Waals surface area contributed by atoms with Crippen molar-refractivity contribution in [3.8, 4) is 5.75 Å². The molecule has 2 aromatic carbocycles. The maximum atomic E-state index is 12.3. The molecule has 1 heterocycles. The molecule has 150 valence electrons. The van der Waals surface area contributed by atoms with Gasteiger partial charge in [0.15, 0.2) is 6.61 Å². The predicted octanol–water partition coefficient (Wildman–Crippen LogP) is 2.97. The lowest BCUT2D eigenvalue weighted by molar-refractivity contribution is -0.384. The molecule has 0 unspecified atom stereocenters. The lowest BCUT2D eigenvalue weighted by atomic mass is 10.1. The molecule has 29 heavy (non-hydrogen) atoms. The van der Waals surface area contributed by atoms with E-state index < -0.39 is 10.9 Å². The maximum absolute atomic E-state index is 12.3. The van der Waals surface area contributed by atoms with Crippen molar-refractivity contribution in [2.75, 3.05) is 19.8 Å². The number of fused-ring (bicyclic) bond motifs is 1. The van der Waals surface area contributed by atoms with Crippen molar-refractivity contribution in [3.05, 3.63) is 68.2 Å². The SMILES string of the molecule is O=C(COc1ccc([N+](=O)[O-])cc1)OCCCN1C(=O)c2ccc(Br)cc2C1=O. The molecule has 0 radical (unpaired) electrons. The van der Waals surface area contributed by atoms with Crippen LogP contribution in [-0.2, 0) is 9.53 Å². The molecule has 0 bridgehead atoms. The van der Waals surface area contributed by atoms with Gasteiger partial charge in [-0.15, -0.1) is 0 Å². The van der Waals surface area contributed by atoms with E-state index in [9.17, 15) is 24.5 Å². The van der Waals surface area contributed by atoms with Crippen molar-refractivity contribution < 1.29 is 28.8 Å². The number of nitrogens with zero attached hydrogens (tertiary/aromatic N) is 2. The number of imide groups is 1. The molecule has 0 atom stereocenters. The van der Waals surface area contributed by atoms with Crippen molar-refractivity contribution in [2.24, 2.45) is 0 Å². The quantitative estimate of drug-likeness (QED) is 0.194. The lowest BCUT2D eigenvalue weighted by Gasteiger charge is -2.13. The summed E-state index contributed by atoms with van der Waals surface area (Å²) in [5.74, 6) is -1.08. The zero-order valence-electron chi connectivity index (χ0n) is 15.0. The van der Waals surface area contributed by atoms with E-state index in [-0.39, 0.29) is 43.7 Å². The van der Waals surface area contributed by atoms with Gasteiger partial charge in [-0.25, -0.2) is 4.79 Å². The second-order valence-corrected chi connectivity index (χ2v) is 6.98. The molecule has 3 rings (SSSR count). The van der Waals surface area contributed by atoms with E-state index >= 15 is 0 Å². The van der Waals surface area contributed by atoms with E-state index in [0.717, 1.165) is 4.90 Å². The standard InChI is InChI=1S/C19H15BrN2O7/c20-12-2-7-15-16(10-12)19(25)21(18(15)24)8-1-9-28-17(23)11-29-14-5-3-13(4-6-14)22(26)27/h2-7,10H,1,8-9,11H2. The van der Waals surface area contributed by atoms with Crippen molar-refractivity contribution in [1.82, 2.24) is 4.90 Å². The summed E-state index contributed by atoms with van der Waals surface area (Å²) in [6, 6.07) is 10.2. The minimum absolute atomic E-state index is 0.0134. The Labute approximate surface area is 173 Å². The van der Waals surface area contributed by atoms with Crippen LogP contribution in [-0.4, -0.2) is 47.4 Å². The zero-order valence-corrected chi connectivity index (χ0v) is 16.6. The molecule has 2 amide bonds. The highest BCUT2D eigenvalue weighted by molar-refractivity contribution is 9.10. The molecule has 2 aromatic rings. The van der Waals surface area contributed by atoms with Gasteiger partial charge in [0, 0.05) is 23.2 Å². The van der Waals surface area contributed by atoms with E-state index in [1.807, 2.05) is 0 Å². The summed E-state index contributed by atoms with van der Waals surface area (Å²) in [7, 11) is 0. The average molecular weight is 463 g/mol. The molecule has 1 aliphatic heterocycles. The number of carbonyl (C=O) groups is 3. The Balaban J connectivity index is 1.40. The zero-order chi connectivity index (χ0) is 21.0. The molecular formula is C19H15BrN2O7. The molecule has 0 N–H and O–H groups in total. The molecule has 0 saturated heterocycles. The minimum Gasteiger partial charge on any atom is -0.482 e. The Kier molecular flexibility index (Phi) is 6.23. The van der Waals surface area contributed by atoms with E-state index in [4.69, 9.17) is 9.47 Å². The maximum Gasteiger partial charge on any atom is 0.344 e. The first-order valence-electron chi connectivity index (χ1n) is 8.55. The van der Waals surface area contributed by atoms with Gasteiger partial charge < -0.3 is 9.47 Å². The number of benzene rings is 2. The largest absolute Gasteiger partial charge is 0.482 e. The van der Waals surface area contributed by atoms with Crippen LogP contribution in [0, 0.1) is 10.1 Å². The molecular weight excluding hydrogens is 448 g/mol. The Morgan fingerprint density at radius 2 is 1.76 bits per heavy atom. The summed E-state index contributed by atoms with van der Waals surface area (Å²) >= 11 is 3.27. The monoisotopic (exact) mass is 462 g/mol. The van der Waals surface area contributed by atoms with Gasteiger partial charge in [-0.2, -0.15) is 0 Å². The minimum atomic E-state index is -0.630. The van der Waals surface area contributed by atoms with E-state index in [0.29, 0.717) is 21.3 Å². The lowest BCUT2D eigenvalue weighted by Crippen LogP contribution is -2.31. The first kappa shape index (κ1) is 20.5. The van der Waals surface area contributed by atoms with Gasteiger partial charge in [0.05, 0.1) is 22.7 Å². The van der Waals surface area contributed by atoms with Crippen LogP contribution in [0.1, 0.15) is 27.1 Å². The van der Waals surface area contributed by atoms with Crippen molar-refractivity contribution >= 4 is 39.4 Å². The van der Waals surface area contributed by atoms with Crippen LogP contribution in [0.4, 0.5) is 5.69 Å². The summed E-state index contributed by atoms with van der Waals surface area (Å²) in [5, 5.41) is 10.6. The van der Waals surface area contributed by atoms with E-state index in [1.54, 1.807) is 18.2 Å². The Hall–Kier alpha value is -3.27. The van der Waals surface area contributed by atoms with Gasteiger partial charge in [-0.1, -0.05) is 15.9 Å². The summed E-state index contributed by atoms with van der Waals surface area (Å²) in [4.78, 5) is 47.5. The van der Waals surface area contributed by atoms with Gasteiger partial charge in [0.25, 0.3) is 17.5 Å². The third-order valence-electron chi connectivity index (χ3n) is 4.13. The number of amides is 2. The molecule has 0 aliphatic carbocycles. The van der Waals surface area contributed by atoms with Crippen LogP contribution >= 0.6 is 15.9 Å². The fourth-order valence-electron chi connectivity index (χ4n) is 2.72. The van der Waals surface area contributed by atoms with Crippen LogP contribution in [0.5, 0.6) is 5.75 Å². The molecule has 0 saturated carbocycles. The number of halogens is 1. The smallest absolute Gasteiger partial charge is 0.344 e. The van der Waals surface area contributed by atoms with Gasteiger partial charge in [0.1, 0.15) is 5.75 Å². The van der Waals surface area contributed by atoms with Gasteiger partial charge >= 0.3 is 5.97 Å². The third-order valence-corrected chi connectivity index (χ3v) is 4.62. The van der Waals surface area contributed by atoms with Crippen LogP contribution in [0.15, 0.2) is 46.9 Å². The Morgan fingerprint density at radius 3 is 2.45 bits per heavy atom. The summed E-state index contributed by atoms with van der Waals surface area (Å²) in [6.45, 7) is -0.223. The number of nitro benzene ring substituents is 1. The number of esters is 1. The van der Waals surface area contributed by atoms with Crippen LogP contribution < -0.4 is 4.74 Å². The predicted molar refractivity (Wildman–Crippen MR) is 104 cm³/mol. The number of carbonyl (C=O) groups excluding carboxylic acids is 3. The van der Waals surface area contributed by atoms with E-state index in [2.05, 4.69) is 15.9 Å². The second kappa shape index (κ2) is 8.82. The molecule has 0 fully saturated rings. The number of hydrogen-bond donors (Lipinski definition) is 0. The number of hydrogen-bond acceptors (Lipinski definition) is 7. The molecule has 0 spiro atoms. The average Bonchev–Trinajstić information content (AvgIpc) is 2.93. The molecule has 10 heteroatoms. The van der Waals surface area contributed by atoms with Crippen LogP contribution in [0.3, 0.4) is 0 Å². The van der Waals surface area contributed by atoms with Crippen LogP contribution in [0.25, 0.3) is 0 Å². The first-order valence-corrected chi connectivity index (χ1v) is 9.35. The fraction of sp³-hybridized carbons (Fsp3) is 0.211. The van der Waals surface area contributed by atoms with Crippen LogP contribution in [0.2, 0.25) is 0 Å². The normalized spacial score (nSPS) is 12.7. The Morgan fingerprint density at radius 1 is 1.07 bits per heavy atom. The number of nitro groups is 1. The van der Waals surface area contributed by atoms with E-state index in [1.165, 1.54) is 24.3 Å². The second-order valence-electron chi connectivity index (χ2n) is 6.07. The highest BCUT2D eigenvalue weighted by Crippen LogP contribution is 2.26. The number of non-ortho nitro benzene ring substituents is 1. The Bertz CT molecular complexity index is 975. The summed E-state index contributed by atoms with van der Waals surface area (Å²) < 4.78 is 10.9. The highest BCUT2D eigenvalue weighted by atomic mass is 79.9. The highest BCUT2D eigenvalue weighted by Gasteiger charge is 2.35. The number of rotatable bonds is 8. The van der Waals surface area contributed by atoms with Crippen molar-refractivity contribution in [3.63, 3.8) is 0 Å². The van der Waals surface area contributed by atoms with Crippen molar-refractivity contribution in [2.45, 2.75) is 6.42 Å².